The number of sulfone groups is 1. The van der Waals surface area contributed by atoms with E-state index < -0.39 is 31.9 Å². The third kappa shape index (κ3) is 4.71. The molecule has 0 spiro atoms. The van der Waals surface area contributed by atoms with E-state index >= 15 is 0 Å². The summed E-state index contributed by atoms with van der Waals surface area (Å²) >= 11 is 0. The molecule has 2 aromatic rings. The van der Waals surface area contributed by atoms with Crippen molar-refractivity contribution in [1.29, 1.82) is 0 Å². The fraction of sp³-hybridized carbons (Fsp3) is 0.471. The maximum Gasteiger partial charge on any atom is 0.271 e. The predicted molar refractivity (Wildman–Crippen MR) is 99.7 cm³/mol. The summed E-state index contributed by atoms with van der Waals surface area (Å²) < 4.78 is 28.8. The summed E-state index contributed by atoms with van der Waals surface area (Å²) in [5, 5.41) is 17.7. The number of nitro benzene ring substituents is 1. The Morgan fingerprint density at radius 3 is 2.25 bits per heavy atom. The van der Waals surface area contributed by atoms with Gasteiger partial charge < -0.3 is 9.84 Å². The van der Waals surface area contributed by atoms with Crippen molar-refractivity contribution in [3.05, 3.63) is 45.6 Å². The first-order chi connectivity index (χ1) is 12.6. The first kappa shape index (κ1) is 21.5. The molecule has 0 saturated heterocycles. The molecule has 10 nitrogen and oxygen atoms in total. The molecular formula is C17H22N4O6S. The standard InChI is InChI=1S/C17H22N4O6S/c1-16(2,3)15-18-14(20-27-15)17(4,5)19-13(22)10-7-11(21(23)24)9-12(8-10)28(6,25)26/h7-9H,1-6H3,(H,19,22). The van der Waals surface area contributed by atoms with E-state index in [1.807, 2.05) is 20.8 Å². The molecule has 0 fully saturated rings. The molecule has 152 valence electrons. The second kappa shape index (κ2) is 6.97. The summed E-state index contributed by atoms with van der Waals surface area (Å²) in [4.78, 5) is 27.0. The molecule has 0 saturated carbocycles. The number of carbonyl (C=O) groups is 1. The van der Waals surface area contributed by atoms with Crippen molar-refractivity contribution < 1.29 is 22.7 Å². The van der Waals surface area contributed by atoms with E-state index in [2.05, 4.69) is 15.5 Å². The Morgan fingerprint density at radius 2 is 1.79 bits per heavy atom. The lowest BCUT2D eigenvalue weighted by molar-refractivity contribution is -0.385. The van der Waals surface area contributed by atoms with Crippen molar-refractivity contribution in [3.63, 3.8) is 0 Å². The van der Waals surface area contributed by atoms with Crippen LogP contribution in [0.15, 0.2) is 27.6 Å². The topological polar surface area (TPSA) is 145 Å². The van der Waals surface area contributed by atoms with E-state index in [4.69, 9.17) is 4.52 Å². The maximum atomic E-state index is 12.7. The number of benzene rings is 1. The van der Waals surface area contributed by atoms with Crippen molar-refractivity contribution >= 4 is 21.4 Å². The van der Waals surface area contributed by atoms with E-state index in [1.165, 1.54) is 0 Å². The van der Waals surface area contributed by atoms with Crippen molar-refractivity contribution in [2.45, 2.75) is 50.5 Å². The Hall–Kier alpha value is -2.82. The highest BCUT2D eigenvalue weighted by atomic mass is 32.2. The number of nitrogens with one attached hydrogen (secondary N) is 1. The van der Waals surface area contributed by atoms with Crippen molar-refractivity contribution in [2.75, 3.05) is 6.26 Å². The maximum absolute atomic E-state index is 12.7. The third-order valence-electron chi connectivity index (χ3n) is 3.85. The van der Waals surface area contributed by atoms with E-state index in [1.54, 1.807) is 13.8 Å². The molecule has 1 aromatic carbocycles. The quantitative estimate of drug-likeness (QED) is 0.584. The van der Waals surface area contributed by atoms with Crippen LogP contribution in [0.4, 0.5) is 5.69 Å². The van der Waals surface area contributed by atoms with Gasteiger partial charge in [0, 0.05) is 29.4 Å². The van der Waals surface area contributed by atoms with Gasteiger partial charge in [-0.3, -0.25) is 14.9 Å². The van der Waals surface area contributed by atoms with Crippen LogP contribution in [-0.2, 0) is 20.8 Å². The average molecular weight is 410 g/mol. The van der Waals surface area contributed by atoms with E-state index in [9.17, 15) is 23.3 Å². The van der Waals surface area contributed by atoms with Gasteiger partial charge in [0.15, 0.2) is 15.7 Å². The van der Waals surface area contributed by atoms with Crippen LogP contribution in [0, 0.1) is 10.1 Å². The van der Waals surface area contributed by atoms with Crippen molar-refractivity contribution in [3.8, 4) is 0 Å². The van der Waals surface area contributed by atoms with Gasteiger partial charge in [-0.15, -0.1) is 0 Å². The van der Waals surface area contributed by atoms with Gasteiger partial charge >= 0.3 is 0 Å². The second-order valence-corrected chi connectivity index (χ2v) is 10.0. The van der Waals surface area contributed by atoms with Crippen LogP contribution in [0.5, 0.6) is 0 Å². The molecule has 28 heavy (non-hydrogen) atoms. The summed E-state index contributed by atoms with van der Waals surface area (Å²) in [5.74, 6) is -0.0974. The Kier molecular flexibility index (Phi) is 5.35. The number of hydrogen-bond acceptors (Lipinski definition) is 8. The lowest BCUT2D eigenvalue weighted by atomic mass is 9.96. The van der Waals surface area contributed by atoms with Crippen molar-refractivity contribution in [1.82, 2.24) is 15.5 Å². The molecule has 0 bridgehead atoms. The number of carbonyl (C=O) groups excluding carboxylic acids is 1. The Balaban J connectivity index is 2.39. The first-order valence-electron chi connectivity index (χ1n) is 8.28. The minimum Gasteiger partial charge on any atom is -0.340 e. The smallest absolute Gasteiger partial charge is 0.271 e. The number of aromatic nitrogens is 2. The van der Waals surface area contributed by atoms with E-state index in [0.29, 0.717) is 5.89 Å². The molecule has 0 radical (unpaired) electrons. The monoisotopic (exact) mass is 410 g/mol. The predicted octanol–water partition coefficient (Wildman–Crippen LogP) is 2.34. The number of nitrogens with zero attached hydrogens (tertiary/aromatic N) is 3. The van der Waals surface area contributed by atoms with Gasteiger partial charge in [-0.1, -0.05) is 25.9 Å². The second-order valence-electron chi connectivity index (χ2n) is 8.00. The molecule has 1 aromatic heterocycles. The molecule has 1 amide bonds. The molecule has 0 aliphatic rings. The number of hydrogen-bond donors (Lipinski definition) is 1. The lowest BCUT2D eigenvalue weighted by Gasteiger charge is -2.22. The van der Waals surface area contributed by atoms with Gasteiger partial charge in [0.25, 0.3) is 11.6 Å². The summed E-state index contributed by atoms with van der Waals surface area (Å²) in [5.41, 5.74) is -2.11. The van der Waals surface area contributed by atoms with Crippen LogP contribution >= 0.6 is 0 Å². The third-order valence-corrected chi connectivity index (χ3v) is 4.94. The molecule has 11 heteroatoms. The minimum atomic E-state index is -3.75. The van der Waals surface area contributed by atoms with Gasteiger partial charge in [0.1, 0.15) is 0 Å². The van der Waals surface area contributed by atoms with E-state index in [-0.39, 0.29) is 21.7 Å². The van der Waals surface area contributed by atoms with Crippen LogP contribution in [0.2, 0.25) is 0 Å². The molecule has 0 unspecified atom stereocenters. The number of rotatable bonds is 5. The summed E-state index contributed by atoms with van der Waals surface area (Å²) in [6.45, 7) is 8.96. The Labute approximate surface area is 162 Å². The highest BCUT2D eigenvalue weighted by Crippen LogP contribution is 2.25. The van der Waals surface area contributed by atoms with Crippen molar-refractivity contribution in [2.24, 2.45) is 0 Å². The molecule has 1 N–H and O–H groups in total. The summed E-state index contributed by atoms with van der Waals surface area (Å²) in [6.07, 6.45) is 0.908. The fourth-order valence-electron chi connectivity index (χ4n) is 2.23. The van der Waals surface area contributed by atoms with Crippen LogP contribution < -0.4 is 5.32 Å². The molecule has 2 rings (SSSR count). The van der Waals surface area contributed by atoms with Gasteiger partial charge in [-0.2, -0.15) is 4.98 Å². The summed E-state index contributed by atoms with van der Waals surface area (Å²) in [6, 6.07) is 3.01. The average Bonchev–Trinajstić information content (AvgIpc) is 3.04. The van der Waals surface area contributed by atoms with Gasteiger partial charge in [-0.25, -0.2) is 8.42 Å². The molecule has 0 aliphatic heterocycles. The molecule has 1 heterocycles. The fourth-order valence-corrected chi connectivity index (χ4v) is 2.90. The molecular weight excluding hydrogens is 388 g/mol. The van der Waals surface area contributed by atoms with Gasteiger partial charge in [0.05, 0.1) is 15.4 Å². The Bertz CT molecular complexity index is 1030. The number of non-ortho nitro benzene ring substituents is 1. The minimum absolute atomic E-state index is 0.165. The highest BCUT2D eigenvalue weighted by Gasteiger charge is 2.32. The van der Waals surface area contributed by atoms with Crippen LogP contribution in [0.3, 0.4) is 0 Å². The Morgan fingerprint density at radius 1 is 1.18 bits per heavy atom. The SMILES string of the molecule is CC(C)(C)c1nc(C(C)(C)NC(=O)c2cc([N+](=O)[O-])cc(S(C)(=O)=O)c2)no1. The molecule has 0 atom stereocenters. The van der Waals surface area contributed by atoms with Gasteiger partial charge in [-0.05, 0) is 19.9 Å². The van der Waals surface area contributed by atoms with Crippen LogP contribution in [0.1, 0.15) is 56.7 Å². The zero-order valence-electron chi connectivity index (χ0n) is 16.4. The van der Waals surface area contributed by atoms with Crippen LogP contribution in [0.25, 0.3) is 0 Å². The number of amides is 1. The zero-order valence-corrected chi connectivity index (χ0v) is 17.2. The van der Waals surface area contributed by atoms with Crippen LogP contribution in [-0.4, -0.2) is 35.6 Å². The van der Waals surface area contributed by atoms with Gasteiger partial charge in [0.2, 0.25) is 5.89 Å². The molecule has 0 aliphatic carbocycles. The normalized spacial score (nSPS) is 12.6. The zero-order chi connectivity index (χ0) is 21.5. The van der Waals surface area contributed by atoms with E-state index in [0.717, 1.165) is 24.5 Å². The first-order valence-corrected chi connectivity index (χ1v) is 10.2. The summed E-state index contributed by atoms with van der Waals surface area (Å²) in [7, 11) is -3.75. The highest BCUT2D eigenvalue weighted by molar-refractivity contribution is 7.90. The number of nitro groups is 1. The largest absolute Gasteiger partial charge is 0.340 e. The lowest BCUT2D eigenvalue weighted by Crippen LogP contribution is -2.42.